The van der Waals surface area contributed by atoms with Gasteiger partial charge in [-0.2, -0.15) is 0 Å². The first kappa shape index (κ1) is 7.30. The maximum atomic E-state index is 9.54. The van der Waals surface area contributed by atoms with E-state index >= 15 is 0 Å². The Hall–Kier alpha value is -0.120. The van der Waals surface area contributed by atoms with E-state index in [1.165, 1.54) is 6.42 Å². The van der Waals surface area contributed by atoms with Crippen molar-refractivity contribution in [2.24, 2.45) is 17.8 Å². The van der Waals surface area contributed by atoms with Crippen molar-refractivity contribution < 1.29 is 14.6 Å². The smallest absolute Gasteiger partial charge is 0.157 e. The molecule has 3 nitrogen and oxygen atoms in total. The second-order valence-corrected chi connectivity index (χ2v) is 4.25. The van der Waals surface area contributed by atoms with Crippen LogP contribution >= 0.6 is 0 Å². The molecule has 2 saturated carbocycles. The molecule has 68 valence electrons. The van der Waals surface area contributed by atoms with Gasteiger partial charge in [-0.1, -0.05) is 0 Å². The molecule has 3 aliphatic rings. The summed E-state index contributed by atoms with van der Waals surface area (Å²) in [5.74, 6) is 1.63. The van der Waals surface area contributed by atoms with E-state index in [1.807, 2.05) is 0 Å². The van der Waals surface area contributed by atoms with Crippen molar-refractivity contribution in [3.63, 3.8) is 0 Å². The van der Waals surface area contributed by atoms with Crippen molar-refractivity contribution in [3.8, 4) is 0 Å². The van der Waals surface area contributed by atoms with Gasteiger partial charge in [0, 0.05) is 13.0 Å². The quantitative estimate of drug-likeness (QED) is 0.481. The molecule has 3 heteroatoms. The Kier molecular flexibility index (Phi) is 1.35. The fourth-order valence-electron chi connectivity index (χ4n) is 3.15. The van der Waals surface area contributed by atoms with Gasteiger partial charge in [0.1, 0.15) is 0 Å². The first-order valence-electron chi connectivity index (χ1n) is 4.67. The molecule has 0 spiro atoms. The van der Waals surface area contributed by atoms with Crippen LogP contribution < -0.4 is 0 Å². The summed E-state index contributed by atoms with van der Waals surface area (Å²) >= 11 is 0. The maximum absolute atomic E-state index is 9.54. The van der Waals surface area contributed by atoms with E-state index in [9.17, 15) is 5.11 Å². The van der Waals surface area contributed by atoms with Crippen LogP contribution in [0.25, 0.3) is 0 Å². The number of aliphatic hydroxyl groups excluding tert-OH is 1. The van der Waals surface area contributed by atoms with E-state index in [0.29, 0.717) is 24.0 Å². The third-order valence-electron chi connectivity index (χ3n) is 3.76. The van der Waals surface area contributed by atoms with Crippen LogP contribution in [-0.4, -0.2) is 30.7 Å². The highest BCUT2D eigenvalue weighted by Gasteiger charge is 2.64. The monoisotopic (exact) mass is 170 g/mol. The van der Waals surface area contributed by atoms with Crippen molar-refractivity contribution in [2.45, 2.75) is 31.3 Å². The zero-order chi connectivity index (χ0) is 8.29. The molecule has 12 heavy (non-hydrogen) atoms. The van der Waals surface area contributed by atoms with Crippen LogP contribution in [0.4, 0.5) is 0 Å². The Morgan fingerprint density at radius 2 is 2.25 bits per heavy atom. The lowest BCUT2D eigenvalue weighted by Crippen LogP contribution is -2.30. The Morgan fingerprint density at radius 3 is 2.83 bits per heavy atom. The molecule has 2 bridgehead atoms. The zero-order valence-corrected chi connectivity index (χ0v) is 7.14. The molecule has 0 aromatic heterocycles. The van der Waals surface area contributed by atoms with Crippen molar-refractivity contribution in [1.82, 2.24) is 0 Å². The molecule has 0 aromatic carbocycles. The molecule has 0 aromatic rings. The number of hydrogen-bond donors (Lipinski definition) is 1. The van der Waals surface area contributed by atoms with Crippen molar-refractivity contribution >= 4 is 0 Å². The minimum atomic E-state index is -0.565. The van der Waals surface area contributed by atoms with Gasteiger partial charge in [-0.05, 0) is 24.7 Å². The summed E-state index contributed by atoms with van der Waals surface area (Å²) in [6.07, 6.45) is 2.81. The largest absolute Gasteiger partial charge is 0.369 e. The van der Waals surface area contributed by atoms with E-state index < -0.39 is 6.29 Å². The molecule has 2 aliphatic carbocycles. The third-order valence-corrected chi connectivity index (χ3v) is 3.76. The van der Waals surface area contributed by atoms with Crippen LogP contribution in [0.3, 0.4) is 0 Å². The molecule has 3 rings (SSSR count). The number of rotatable bonds is 2. The van der Waals surface area contributed by atoms with Crippen molar-refractivity contribution in [1.29, 1.82) is 0 Å². The predicted molar refractivity (Wildman–Crippen MR) is 41.4 cm³/mol. The molecule has 6 atom stereocenters. The third kappa shape index (κ3) is 0.767. The molecule has 1 aliphatic heterocycles. The topological polar surface area (TPSA) is 42.0 Å². The Morgan fingerprint density at radius 1 is 1.42 bits per heavy atom. The van der Waals surface area contributed by atoms with Gasteiger partial charge in [0.05, 0.1) is 12.2 Å². The average molecular weight is 170 g/mol. The highest BCUT2D eigenvalue weighted by atomic mass is 16.6. The molecule has 3 fully saturated rings. The first-order valence-corrected chi connectivity index (χ1v) is 4.67. The van der Waals surface area contributed by atoms with E-state index in [1.54, 1.807) is 7.11 Å². The molecule has 0 radical (unpaired) electrons. The van der Waals surface area contributed by atoms with E-state index in [2.05, 4.69) is 0 Å². The summed E-state index contributed by atoms with van der Waals surface area (Å²) in [5, 5.41) is 9.54. The minimum Gasteiger partial charge on any atom is -0.369 e. The van der Waals surface area contributed by atoms with Gasteiger partial charge < -0.3 is 14.6 Å². The summed E-state index contributed by atoms with van der Waals surface area (Å²) in [7, 11) is 1.57. The Bertz CT molecular complexity index is 206. The summed E-state index contributed by atoms with van der Waals surface area (Å²) in [6, 6.07) is 0. The van der Waals surface area contributed by atoms with Crippen LogP contribution in [-0.2, 0) is 9.47 Å². The van der Waals surface area contributed by atoms with E-state index in [4.69, 9.17) is 9.47 Å². The van der Waals surface area contributed by atoms with Gasteiger partial charge in [-0.25, -0.2) is 0 Å². The first-order chi connectivity index (χ1) is 5.81. The molecule has 1 saturated heterocycles. The fourth-order valence-corrected chi connectivity index (χ4v) is 3.15. The lowest BCUT2D eigenvalue weighted by Gasteiger charge is -2.23. The number of aliphatic hydroxyl groups is 1. The van der Waals surface area contributed by atoms with Gasteiger partial charge in [0.2, 0.25) is 0 Å². The highest BCUT2D eigenvalue weighted by molar-refractivity contribution is 5.10. The van der Waals surface area contributed by atoms with Crippen LogP contribution in [0.15, 0.2) is 0 Å². The van der Waals surface area contributed by atoms with E-state index in [-0.39, 0.29) is 0 Å². The number of hydrogen-bond acceptors (Lipinski definition) is 3. The minimum absolute atomic E-state index is 0.337. The predicted octanol–water partition coefficient (Wildman–Crippen LogP) is 0.375. The highest BCUT2D eigenvalue weighted by Crippen LogP contribution is 2.59. The molecule has 1 heterocycles. The second-order valence-electron chi connectivity index (χ2n) is 4.25. The van der Waals surface area contributed by atoms with E-state index in [0.717, 1.165) is 12.3 Å². The lowest BCUT2D eigenvalue weighted by atomic mass is 9.88. The number of epoxide rings is 1. The van der Waals surface area contributed by atoms with Crippen molar-refractivity contribution in [2.75, 3.05) is 7.11 Å². The molecule has 6 unspecified atom stereocenters. The van der Waals surface area contributed by atoms with Gasteiger partial charge in [-0.15, -0.1) is 0 Å². The summed E-state index contributed by atoms with van der Waals surface area (Å²) < 4.78 is 10.5. The molecule has 1 N–H and O–H groups in total. The number of ether oxygens (including phenoxy) is 2. The lowest BCUT2D eigenvalue weighted by molar-refractivity contribution is -0.124. The van der Waals surface area contributed by atoms with Crippen LogP contribution in [0.1, 0.15) is 12.8 Å². The Balaban J connectivity index is 1.75. The van der Waals surface area contributed by atoms with Gasteiger partial charge in [-0.3, -0.25) is 0 Å². The number of methoxy groups -OCH3 is 1. The maximum Gasteiger partial charge on any atom is 0.157 e. The SMILES string of the molecule is COC(O)C1CC2CC1C1OC21. The normalized spacial score (nSPS) is 57.0. The summed E-state index contributed by atoms with van der Waals surface area (Å²) in [5.41, 5.74) is 0. The van der Waals surface area contributed by atoms with Crippen LogP contribution in [0.2, 0.25) is 0 Å². The fraction of sp³-hybridized carbons (Fsp3) is 1.00. The van der Waals surface area contributed by atoms with Gasteiger partial charge >= 0.3 is 0 Å². The standard InChI is InChI=1S/C9H14O3/c1-11-9(10)6-3-4-2-5(6)8-7(4)12-8/h4-10H,2-3H2,1H3. The zero-order valence-electron chi connectivity index (χ0n) is 7.14. The molecular weight excluding hydrogens is 156 g/mol. The van der Waals surface area contributed by atoms with Crippen LogP contribution in [0.5, 0.6) is 0 Å². The summed E-state index contributed by atoms with van der Waals surface area (Å²) in [4.78, 5) is 0. The van der Waals surface area contributed by atoms with Gasteiger partial charge in [0.15, 0.2) is 6.29 Å². The number of fused-ring (bicyclic) bond motifs is 5. The second kappa shape index (κ2) is 2.22. The average Bonchev–Trinajstić information content (AvgIpc) is 2.71. The Labute approximate surface area is 71.7 Å². The van der Waals surface area contributed by atoms with Crippen molar-refractivity contribution in [3.05, 3.63) is 0 Å². The van der Waals surface area contributed by atoms with Crippen LogP contribution in [0, 0.1) is 17.8 Å². The molecular formula is C9H14O3. The molecule has 0 amide bonds. The summed E-state index contributed by atoms with van der Waals surface area (Å²) in [6.45, 7) is 0. The van der Waals surface area contributed by atoms with Gasteiger partial charge in [0.25, 0.3) is 0 Å².